The third kappa shape index (κ3) is 2.04. The fraction of sp³-hybridized carbons (Fsp3) is 1.00. The zero-order chi connectivity index (χ0) is 12.2. The first-order valence-electron chi connectivity index (χ1n) is 8.02. The van der Waals surface area contributed by atoms with Crippen molar-refractivity contribution >= 4 is 11.8 Å². The molecule has 0 aromatic rings. The molecule has 5 rings (SSSR count). The van der Waals surface area contributed by atoms with Crippen LogP contribution >= 0.6 is 11.8 Å². The Hall–Kier alpha value is 0.310. The third-order valence-electron chi connectivity index (χ3n) is 6.38. The summed E-state index contributed by atoms with van der Waals surface area (Å²) < 4.78 is 0. The third-order valence-corrected chi connectivity index (χ3v) is 7.37. The van der Waals surface area contributed by atoms with Gasteiger partial charge in [-0.25, -0.2) is 0 Å². The van der Waals surface area contributed by atoms with Gasteiger partial charge >= 0.3 is 0 Å². The number of thioether (sulfide) groups is 1. The Morgan fingerprint density at radius 3 is 1.89 bits per heavy atom. The first-order chi connectivity index (χ1) is 8.65. The molecule has 102 valence electrons. The second kappa shape index (κ2) is 4.15. The second-order valence-corrected chi connectivity index (χ2v) is 9.29. The number of nitrogens with two attached hydrogens (primary N) is 1. The lowest BCUT2D eigenvalue weighted by molar-refractivity contribution is -0.0688. The molecule has 4 aliphatic carbocycles. The number of hydrogen-bond acceptors (Lipinski definition) is 2. The van der Waals surface area contributed by atoms with E-state index in [1.165, 1.54) is 50.0 Å². The molecule has 18 heavy (non-hydrogen) atoms. The van der Waals surface area contributed by atoms with Gasteiger partial charge in [-0.2, -0.15) is 11.8 Å². The molecule has 4 bridgehead atoms. The van der Waals surface area contributed by atoms with Crippen LogP contribution < -0.4 is 5.73 Å². The highest BCUT2D eigenvalue weighted by Crippen LogP contribution is 2.62. The summed E-state index contributed by atoms with van der Waals surface area (Å²) in [4.78, 5) is 0. The highest BCUT2D eigenvalue weighted by molar-refractivity contribution is 7.99. The van der Waals surface area contributed by atoms with Gasteiger partial charge in [-0.15, -0.1) is 0 Å². The maximum atomic E-state index is 6.77. The van der Waals surface area contributed by atoms with Crippen molar-refractivity contribution in [1.82, 2.24) is 0 Å². The fourth-order valence-electron chi connectivity index (χ4n) is 6.21. The van der Waals surface area contributed by atoms with E-state index in [4.69, 9.17) is 5.73 Å². The van der Waals surface area contributed by atoms with Crippen LogP contribution in [0.3, 0.4) is 0 Å². The summed E-state index contributed by atoms with van der Waals surface area (Å²) in [5.74, 6) is 5.86. The Morgan fingerprint density at radius 1 is 0.889 bits per heavy atom. The minimum atomic E-state index is 0.205. The zero-order valence-electron chi connectivity index (χ0n) is 11.5. The van der Waals surface area contributed by atoms with Gasteiger partial charge in [-0.1, -0.05) is 0 Å². The molecule has 1 nitrogen and oxygen atoms in total. The van der Waals surface area contributed by atoms with Crippen molar-refractivity contribution in [2.45, 2.75) is 63.3 Å². The van der Waals surface area contributed by atoms with E-state index < -0.39 is 0 Å². The maximum absolute atomic E-state index is 6.77. The Kier molecular flexibility index (Phi) is 2.79. The van der Waals surface area contributed by atoms with Gasteiger partial charge in [0.25, 0.3) is 0 Å². The molecule has 1 aliphatic heterocycles. The van der Waals surface area contributed by atoms with E-state index in [-0.39, 0.29) is 5.54 Å². The van der Waals surface area contributed by atoms with Crippen LogP contribution in [0.4, 0.5) is 0 Å². The quantitative estimate of drug-likeness (QED) is 0.821. The van der Waals surface area contributed by atoms with Crippen molar-refractivity contribution in [2.24, 2.45) is 28.9 Å². The summed E-state index contributed by atoms with van der Waals surface area (Å²) in [6.45, 7) is 0. The monoisotopic (exact) mass is 265 g/mol. The van der Waals surface area contributed by atoms with E-state index in [2.05, 4.69) is 11.8 Å². The molecule has 0 amide bonds. The van der Waals surface area contributed by atoms with Crippen molar-refractivity contribution in [3.8, 4) is 0 Å². The molecule has 0 aromatic carbocycles. The minimum Gasteiger partial charge on any atom is -0.325 e. The first-order valence-corrected chi connectivity index (χ1v) is 9.17. The minimum absolute atomic E-state index is 0.205. The summed E-state index contributed by atoms with van der Waals surface area (Å²) in [7, 11) is 0. The van der Waals surface area contributed by atoms with E-state index in [0.717, 1.165) is 17.8 Å². The van der Waals surface area contributed by atoms with Crippen LogP contribution in [0, 0.1) is 23.2 Å². The summed E-state index contributed by atoms with van der Waals surface area (Å²) in [6, 6.07) is 0. The lowest BCUT2D eigenvalue weighted by Crippen LogP contribution is -2.53. The van der Waals surface area contributed by atoms with E-state index in [1.54, 1.807) is 19.3 Å². The SMILES string of the molecule is NC1(CC23CC4CC(CC(C4)C2)C3)CCSCC1. The molecule has 1 saturated heterocycles. The molecule has 0 spiro atoms. The molecule has 5 aliphatic rings. The van der Waals surface area contributed by atoms with Crippen molar-refractivity contribution in [2.75, 3.05) is 11.5 Å². The summed E-state index contributed by atoms with van der Waals surface area (Å²) in [5, 5.41) is 0. The van der Waals surface area contributed by atoms with Gasteiger partial charge in [0.15, 0.2) is 0 Å². The first kappa shape index (κ1) is 12.1. The summed E-state index contributed by atoms with van der Waals surface area (Å²) in [5.41, 5.74) is 7.66. The lowest BCUT2D eigenvalue weighted by Gasteiger charge is -2.59. The van der Waals surface area contributed by atoms with Gasteiger partial charge in [0.2, 0.25) is 0 Å². The van der Waals surface area contributed by atoms with Crippen LogP contribution in [0.25, 0.3) is 0 Å². The van der Waals surface area contributed by atoms with Crippen LogP contribution in [-0.4, -0.2) is 17.0 Å². The molecule has 0 unspecified atom stereocenters. The second-order valence-electron chi connectivity index (χ2n) is 8.07. The van der Waals surface area contributed by atoms with Crippen molar-refractivity contribution < 1.29 is 0 Å². The average molecular weight is 265 g/mol. The molecule has 0 atom stereocenters. The Morgan fingerprint density at radius 2 is 1.39 bits per heavy atom. The fourth-order valence-corrected chi connectivity index (χ4v) is 7.51. The van der Waals surface area contributed by atoms with Crippen molar-refractivity contribution in [3.63, 3.8) is 0 Å². The molecular formula is C16H27NS. The van der Waals surface area contributed by atoms with E-state index in [9.17, 15) is 0 Å². The molecule has 1 heterocycles. The molecule has 0 radical (unpaired) electrons. The summed E-state index contributed by atoms with van der Waals surface area (Å²) in [6.07, 6.45) is 13.2. The zero-order valence-corrected chi connectivity index (χ0v) is 12.3. The molecule has 2 N–H and O–H groups in total. The van der Waals surface area contributed by atoms with E-state index in [0.29, 0.717) is 5.41 Å². The lowest BCUT2D eigenvalue weighted by atomic mass is 9.47. The highest BCUT2D eigenvalue weighted by Gasteiger charge is 2.52. The Balaban J connectivity index is 1.53. The Bertz CT molecular complexity index is 297. The predicted molar refractivity (Wildman–Crippen MR) is 78.7 cm³/mol. The van der Waals surface area contributed by atoms with Crippen LogP contribution in [-0.2, 0) is 0 Å². The summed E-state index contributed by atoms with van der Waals surface area (Å²) >= 11 is 2.11. The van der Waals surface area contributed by atoms with Gasteiger partial charge < -0.3 is 5.73 Å². The van der Waals surface area contributed by atoms with Crippen LogP contribution in [0.15, 0.2) is 0 Å². The van der Waals surface area contributed by atoms with Crippen molar-refractivity contribution in [3.05, 3.63) is 0 Å². The molecule has 4 saturated carbocycles. The van der Waals surface area contributed by atoms with Crippen LogP contribution in [0.1, 0.15) is 57.8 Å². The van der Waals surface area contributed by atoms with Gasteiger partial charge in [-0.05, 0) is 92.5 Å². The smallest absolute Gasteiger partial charge is 0.0175 e. The van der Waals surface area contributed by atoms with Crippen molar-refractivity contribution in [1.29, 1.82) is 0 Å². The number of rotatable bonds is 2. The van der Waals surface area contributed by atoms with E-state index in [1.807, 2.05) is 0 Å². The van der Waals surface area contributed by atoms with Gasteiger partial charge in [0.05, 0.1) is 0 Å². The van der Waals surface area contributed by atoms with Gasteiger partial charge in [0.1, 0.15) is 0 Å². The van der Waals surface area contributed by atoms with Gasteiger partial charge in [-0.3, -0.25) is 0 Å². The molecule has 0 aromatic heterocycles. The topological polar surface area (TPSA) is 26.0 Å². The number of hydrogen-bond donors (Lipinski definition) is 1. The largest absolute Gasteiger partial charge is 0.325 e. The average Bonchev–Trinajstić information content (AvgIpc) is 2.26. The molecule has 5 fully saturated rings. The Labute approximate surface area is 116 Å². The predicted octanol–water partition coefficient (Wildman–Crippen LogP) is 3.82. The molecule has 2 heteroatoms. The normalized spacial score (nSPS) is 49.5. The van der Waals surface area contributed by atoms with E-state index >= 15 is 0 Å². The maximum Gasteiger partial charge on any atom is 0.0175 e. The van der Waals surface area contributed by atoms with Gasteiger partial charge in [0, 0.05) is 5.54 Å². The standard InChI is InChI=1S/C16H27NS/c17-16(1-3-18-4-2-16)11-15-8-12-5-13(9-15)7-14(6-12)10-15/h12-14H,1-11,17H2. The van der Waals surface area contributed by atoms with Crippen LogP contribution in [0.2, 0.25) is 0 Å². The van der Waals surface area contributed by atoms with Crippen LogP contribution in [0.5, 0.6) is 0 Å². The molecular weight excluding hydrogens is 238 g/mol. The highest BCUT2D eigenvalue weighted by atomic mass is 32.2.